The van der Waals surface area contributed by atoms with Crippen LogP contribution in [0.5, 0.6) is 0 Å². The van der Waals surface area contributed by atoms with Crippen LogP contribution in [0.15, 0.2) is 90.0 Å². The van der Waals surface area contributed by atoms with Gasteiger partial charge in [-0.05, 0) is 55.0 Å². The first-order chi connectivity index (χ1) is 12.7. The fourth-order valence-electron chi connectivity index (χ4n) is 3.13. The van der Waals surface area contributed by atoms with Crippen LogP contribution < -0.4 is 5.01 Å². The monoisotopic (exact) mass is 339 g/mol. The Balaban J connectivity index is 1.71. The number of aryl methyl sites for hydroxylation is 2. The molecule has 1 heterocycles. The largest absolute Gasteiger partial charge is 0.348 e. The van der Waals surface area contributed by atoms with Gasteiger partial charge in [0.15, 0.2) is 0 Å². The number of fused-ring (bicyclic) bond motifs is 1. The van der Waals surface area contributed by atoms with Crippen molar-refractivity contribution in [3.05, 3.63) is 96.2 Å². The van der Waals surface area contributed by atoms with Gasteiger partial charge in [0.1, 0.15) is 0 Å². The van der Waals surface area contributed by atoms with Crippen molar-refractivity contribution < 1.29 is 0 Å². The van der Waals surface area contributed by atoms with Crippen molar-refractivity contribution in [2.45, 2.75) is 6.92 Å². The SMILES string of the molecule is Cc1cc2cc(C=NN(c3ccccc3)c3ccccc3)ccc2n1C. The van der Waals surface area contributed by atoms with E-state index in [1.165, 1.54) is 16.6 Å². The van der Waals surface area contributed by atoms with Gasteiger partial charge in [-0.15, -0.1) is 0 Å². The predicted molar refractivity (Wildman–Crippen MR) is 110 cm³/mol. The Morgan fingerprint density at radius 3 is 2.04 bits per heavy atom. The van der Waals surface area contributed by atoms with Gasteiger partial charge in [-0.25, -0.2) is 5.01 Å². The van der Waals surface area contributed by atoms with Crippen molar-refractivity contribution in [3.8, 4) is 0 Å². The third kappa shape index (κ3) is 3.11. The van der Waals surface area contributed by atoms with Crippen LogP contribution in [0, 0.1) is 6.92 Å². The summed E-state index contributed by atoms with van der Waals surface area (Å²) in [4.78, 5) is 0. The van der Waals surface area contributed by atoms with Crippen LogP contribution >= 0.6 is 0 Å². The highest BCUT2D eigenvalue weighted by Crippen LogP contribution is 2.25. The van der Waals surface area contributed by atoms with E-state index in [0.29, 0.717) is 0 Å². The molecular weight excluding hydrogens is 318 g/mol. The van der Waals surface area contributed by atoms with E-state index in [1.54, 1.807) is 0 Å². The number of anilines is 2. The summed E-state index contributed by atoms with van der Waals surface area (Å²) in [6, 6.07) is 29.0. The predicted octanol–water partition coefficient (Wildman–Crippen LogP) is 5.66. The lowest BCUT2D eigenvalue weighted by Gasteiger charge is -2.19. The Morgan fingerprint density at radius 1 is 0.808 bits per heavy atom. The molecule has 0 aliphatic rings. The van der Waals surface area contributed by atoms with Crippen LogP contribution in [0.1, 0.15) is 11.3 Å². The smallest absolute Gasteiger partial charge is 0.0652 e. The molecule has 0 aliphatic heterocycles. The van der Waals surface area contributed by atoms with Crippen molar-refractivity contribution >= 4 is 28.5 Å². The average Bonchev–Trinajstić information content (AvgIpc) is 2.97. The summed E-state index contributed by atoms with van der Waals surface area (Å²) in [5.41, 5.74) is 5.64. The summed E-state index contributed by atoms with van der Waals surface area (Å²) in [5, 5.41) is 7.97. The van der Waals surface area contributed by atoms with Crippen molar-refractivity contribution in [3.63, 3.8) is 0 Å². The van der Waals surface area contributed by atoms with Crippen molar-refractivity contribution in [2.75, 3.05) is 5.01 Å². The molecule has 0 fully saturated rings. The fraction of sp³-hybridized carbons (Fsp3) is 0.0870. The molecule has 4 aromatic rings. The number of aromatic nitrogens is 1. The molecular formula is C23H21N3. The highest BCUT2D eigenvalue weighted by molar-refractivity contribution is 5.90. The lowest BCUT2D eigenvalue weighted by Crippen LogP contribution is -2.09. The number of hydrogen-bond donors (Lipinski definition) is 0. The second-order valence-electron chi connectivity index (χ2n) is 6.39. The molecule has 0 N–H and O–H groups in total. The molecule has 0 saturated heterocycles. The highest BCUT2D eigenvalue weighted by Gasteiger charge is 2.07. The lowest BCUT2D eigenvalue weighted by molar-refractivity contribution is 0.918. The number of rotatable bonds is 4. The Bertz CT molecular complexity index is 1010. The average molecular weight is 339 g/mol. The van der Waals surface area contributed by atoms with E-state index in [1.807, 2.05) is 47.6 Å². The van der Waals surface area contributed by atoms with Crippen LogP contribution in [-0.4, -0.2) is 10.8 Å². The molecule has 0 radical (unpaired) electrons. The highest BCUT2D eigenvalue weighted by atomic mass is 15.5. The summed E-state index contributed by atoms with van der Waals surface area (Å²) in [5.74, 6) is 0. The maximum atomic E-state index is 4.77. The van der Waals surface area contributed by atoms with Crippen LogP contribution in [-0.2, 0) is 7.05 Å². The van der Waals surface area contributed by atoms with E-state index < -0.39 is 0 Å². The first-order valence-corrected chi connectivity index (χ1v) is 8.73. The topological polar surface area (TPSA) is 20.5 Å². The minimum atomic E-state index is 1.03. The second kappa shape index (κ2) is 6.89. The van der Waals surface area contributed by atoms with Crippen LogP contribution in [0.2, 0.25) is 0 Å². The second-order valence-corrected chi connectivity index (χ2v) is 6.39. The molecule has 3 heteroatoms. The first-order valence-electron chi connectivity index (χ1n) is 8.73. The molecule has 26 heavy (non-hydrogen) atoms. The van der Waals surface area contributed by atoms with Crippen LogP contribution in [0.25, 0.3) is 10.9 Å². The Kier molecular flexibility index (Phi) is 4.28. The van der Waals surface area contributed by atoms with Crippen molar-refractivity contribution in [2.24, 2.45) is 12.1 Å². The molecule has 0 saturated carbocycles. The normalized spacial score (nSPS) is 11.3. The molecule has 3 aromatic carbocycles. The fourth-order valence-corrected chi connectivity index (χ4v) is 3.13. The molecule has 0 unspecified atom stereocenters. The molecule has 0 bridgehead atoms. The molecule has 0 atom stereocenters. The standard InChI is InChI=1S/C23H21N3/c1-18-15-20-16-19(13-14-23(20)25(18)2)17-24-26(21-9-5-3-6-10-21)22-11-7-4-8-12-22/h3-17H,1-2H3. The summed E-state index contributed by atoms with van der Waals surface area (Å²) in [6.07, 6.45) is 1.92. The van der Waals surface area contributed by atoms with Crippen LogP contribution in [0.3, 0.4) is 0 Å². The zero-order chi connectivity index (χ0) is 17.9. The van der Waals surface area contributed by atoms with E-state index in [9.17, 15) is 0 Å². The zero-order valence-corrected chi connectivity index (χ0v) is 15.0. The number of nitrogens with zero attached hydrogens (tertiary/aromatic N) is 3. The Hall–Kier alpha value is -3.33. The van der Waals surface area contributed by atoms with E-state index in [4.69, 9.17) is 5.10 Å². The molecule has 128 valence electrons. The Morgan fingerprint density at radius 2 is 1.42 bits per heavy atom. The minimum Gasteiger partial charge on any atom is -0.348 e. The number of para-hydroxylation sites is 2. The maximum Gasteiger partial charge on any atom is 0.0652 e. The quantitative estimate of drug-likeness (QED) is 0.347. The molecule has 0 amide bonds. The zero-order valence-electron chi connectivity index (χ0n) is 15.0. The summed E-state index contributed by atoms with van der Waals surface area (Å²) in [7, 11) is 2.10. The number of hydrogen-bond acceptors (Lipinski definition) is 2. The van der Waals surface area contributed by atoms with Gasteiger partial charge in [-0.1, -0.05) is 42.5 Å². The first kappa shape index (κ1) is 16.2. The molecule has 3 nitrogen and oxygen atoms in total. The van der Waals surface area contributed by atoms with E-state index >= 15 is 0 Å². The van der Waals surface area contributed by atoms with Crippen molar-refractivity contribution in [1.82, 2.24) is 4.57 Å². The van der Waals surface area contributed by atoms with Gasteiger partial charge >= 0.3 is 0 Å². The van der Waals surface area contributed by atoms with E-state index in [2.05, 4.69) is 67.1 Å². The van der Waals surface area contributed by atoms with Gasteiger partial charge in [0.2, 0.25) is 0 Å². The Labute approximate surface area is 153 Å². The summed E-state index contributed by atoms with van der Waals surface area (Å²) >= 11 is 0. The summed E-state index contributed by atoms with van der Waals surface area (Å²) < 4.78 is 2.20. The molecule has 0 spiro atoms. The molecule has 4 rings (SSSR count). The van der Waals surface area contributed by atoms with Crippen LogP contribution in [0.4, 0.5) is 11.4 Å². The van der Waals surface area contributed by atoms with Gasteiger partial charge in [-0.2, -0.15) is 5.10 Å². The lowest BCUT2D eigenvalue weighted by atomic mass is 10.2. The molecule has 1 aromatic heterocycles. The van der Waals surface area contributed by atoms with Gasteiger partial charge in [0, 0.05) is 23.6 Å². The van der Waals surface area contributed by atoms with E-state index in [-0.39, 0.29) is 0 Å². The van der Waals surface area contributed by atoms with Gasteiger partial charge in [-0.3, -0.25) is 0 Å². The van der Waals surface area contributed by atoms with Gasteiger partial charge in [0.05, 0.1) is 17.6 Å². The van der Waals surface area contributed by atoms with Gasteiger partial charge in [0.25, 0.3) is 0 Å². The van der Waals surface area contributed by atoms with Crippen molar-refractivity contribution in [1.29, 1.82) is 0 Å². The van der Waals surface area contributed by atoms with E-state index in [0.717, 1.165) is 16.9 Å². The maximum absolute atomic E-state index is 4.77. The van der Waals surface area contributed by atoms with Gasteiger partial charge < -0.3 is 4.57 Å². The summed E-state index contributed by atoms with van der Waals surface area (Å²) in [6.45, 7) is 2.13. The number of benzene rings is 3. The number of hydrazone groups is 1. The third-order valence-corrected chi connectivity index (χ3v) is 4.63. The third-order valence-electron chi connectivity index (χ3n) is 4.63. The minimum absolute atomic E-state index is 1.03. The molecule has 0 aliphatic carbocycles.